The molecule has 0 radical (unpaired) electrons. The van der Waals surface area contributed by atoms with Crippen molar-refractivity contribution < 1.29 is 5.11 Å². The van der Waals surface area contributed by atoms with Gasteiger partial charge >= 0.3 is 0 Å². The van der Waals surface area contributed by atoms with Crippen molar-refractivity contribution >= 4 is 0 Å². The number of phenolic OH excluding ortho intramolecular Hbond substituents is 1. The molecule has 2 aromatic carbocycles. The van der Waals surface area contributed by atoms with E-state index in [9.17, 15) is 5.11 Å². The van der Waals surface area contributed by atoms with E-state index in [1.165, 1.54) is 11.9 Å². The zero-order valence-corrected chi connectivity index (χ0v) is 10.3. The minimum Gasteiger partial charge on any atom is -0.506 e. The van der Waals surface area contributed by atoms with E-state index in [0.717, 1.165) is 12.0 Å². The predicted octanol–water partition coefficient (Wildman–Crippen LogP) is 2.56. The predicted molar refractivity (Wildman–Crippen MR) is 72.3 cm³/mol. The average Bonchev–Trinajstić information content (AvgIpc) is 2.94. The third kappa shape index (κ3) is 2.33. The molecule has 1 N–H and O–H groups in total. The summed E-state index contributed by atoms with van der Waals surface area (Å²) < 4.78 is 1.59. The van der Waals surface area contributed by atoms with Gasteiger partial charge < -0.3 is 5.11 Å². The van der Waals surface area contributed by atoms with Gasteiger partial charge in [0.05, 0.1) is 0 Å². The van der Waals surface area contributed by atoms with E-state index < -0.39 is 0 Å². The lowest BCUT2D eigenvalue weighted by Crippen LogP contribution is -2.01. The summed E-state index contributed by atoms with van der Waals surface area (Å²) in [6, 6.07) is 15.6. The SMILES string of the molecule is Oc1cccc(Cc2ccccc2)c1-n1cncn1. The highest BCUT2D eigenvalue weighted by Gasteiger charge is 2.10. The molecule has 0 aliphatic rings. The lowest BCUT2D eigenvalue weighted by molar-refractivity contribution is 0.469. The summed E-state index contributed by atoms with van der Waals surface area (Å²) in [4.78, 5) is 3.93. The van der Waals surface area contributed by atoms with Crippen LogP contribution in [0.3, 0.4) is 0 Å². The first-order valence-electron chi connectivity index (χ1n) is 6.04. The monoisotopic (exact) mass is 251 g/mol. The summed E-state index contributed by atoms with van der Waals surface area (Å²) >= 11 is 0. The fourth-order valence-corrected chi connectivity index (χ4v) is 2.12. The van der Waals surface area contributed by atoms with Crippen molar-refractivity contribution in [2.45, 2.75) is 6.42 Å². The Morgan fingerprint density at radius 1 is 1.00 bits per heavy atom. The molecule has 0 aliphatic heterocycles. The summed E-state index contributed by atoms with van der Waals surface area (Å²) in [6.07, 6.45) is 3.78. The molecule has 4 nitrogen and oxygen atoms in total. The molecule has 0 atom stereocenters. The van der Waals surface area contributed by atoms with Crippen molar-refractivity contribution in [3.05, 3.63) is 72.3 Å². The molecule has 0 aliphatic carbocycles. The Kier molecular flexibility index (Phi) is 2.98. The highest BCUT2D eigenvalue weighted by atomic mass is 16.3. The molecule has 1 heterocycles. The molecule has 0 unspecified atom stereocenters. The summed E-state index contributed by atoms with van der Waals surface area (Å²) in [7, 11) is 0. The Balaban J connectivity index is 2.05. The average molecular weight is 251 g/mol. The van der Waals surface area contributed by atoms with E-state index in [2.05, 4.69) is 22.2 Å². The van der Waals surface area contributed by atoms with Gasteiger partial charge in [0.1, 0.15) is 24.1 Å². The van der Waals surface area contributed by atoms with E-state index in [1.807, 2.05) is 30.3 Å². The van der Waals surface area contributed by atoms with Crippen LogP contribution in [0.15, 0.2) is 61.2 Å². The van der Waals surface area contributed by atoms with Gasteiger partial charge in [-0.2, -0.15) is 5.10 Å². The molecule has 19 heavy (non-hydrogen) atoms. The molecular weight excluding hydrogens is 238 g/mol. The van der Waals surface area contributed by atoms with Gasteiger partial charge in [-0.3, -0.25) is 0 Å². The Hall–Kier alpha value is -2.62. The second kappa shape index (κ2) is 4.94. The minimum absolute atomic E-state index is 0.207. The number of hydrogen-bond donors (Lipinski definition) is 1. The number of aromatic nitrogens is 3. The zero-order valence-electron chi connectivity index (χ0n) is 10.3. The van der Waals surface area contributed by atoms with E-state index in [-0.39, 0.29) is 5.75 Å². The van der Waals surface area contributed by atoms with Crippen LogP contribution >= 0.6 is 0 Å². The van der Waals surface area contributed by atoms with E-state index >= 15 is 0 Å². The number of benzene rings is 2. The van der Waals surface area contributed by atoms with Crippen LogP contribution in [0.2, 0.25) is 0 Å². The van der Waals surface area contributed by atoms with Crippen LogP contribution in [0.25, 0.3) is 5.69 Å². The van der Waals surface area contributed by atoms with Crippen LogP contribution in [0.1, 0.15) is 11.1 Å². The van der Waals surface area contributed by atoms with Gasteiger partial charge in [-0.05, 0) is 23.6 Å². The Morgan fingerprint density at radius 3 is 2.58 bits per heavy atom. The fraction of sp³-hybridized carbons (Fsp3) is 0.0667. The number of aromatic hydroxyl groups is 1. The van der Waals surface area contributed by atoms with Crippen molar-refractivity contribution in [1.29, 1.82) is 0 Å². The topological polar surface area (TPSA) is 50.9 Å². The molecule has 0 saturated carbocycles. The van der Waals surface area contributed by atoms with Crippen LogP contribution in [0.5, 0.6) is 5.75 Å². The van der Waals surface area contributed by atoms with Crippen LogP contribution < -0.4 is 0 Å². The lowest BCUT2D eigenvalue weighted by Gasteiger charge is -2.11. The first kappa shape index (κ1) is 11.5. The maximum absolute atomic E-state index is 10.1. The molecule has 0 saturated heterocycles. The Bertz CT molecular complexity index is 663. The van der Waals surface area contributed by atoms with Crippen LogP contribution in [-0.4, -0.2) is 19.9 Å². The van der Waals surface area contributed by atoms with Crippen molar-refractivity contribution in [2.75, 3.05) is 0 Å². The van der Waals surface area contributed by atoms with Crippen LogP contribution in [-0.2, 0) is 6.42 Å². The van der Waals surface area contributed by atoms with Crippen LogP contribution in [0, 0.1) is 0 Å². The van der Waals surface area contributed by atoms with Gasteiger partial charge in [-0.1, -0.05) is 42.5 Å². The highest BCUT2D eigenvalue weighted by Crippen LogP contribution is 2.26. The summed E-state index contributed by atoms with van der Waals surface area (Å²) in [5.74, 6) is 0.207. The van der Waals surface area contributed by atoms with E-state index in [1.54, 1.807) is 17.1 Å². The van der Waals surface area contributed by atoms with Gasteiger partial charge in [-0.15, -0.1) is 0 Å². The van der Waals surface area contributed by atoms with E-state index in [0.29, 0.717) is 5.69 Å². The summed E-state index contributed by atoms with van der Waals surface area (Å²) in [6.45, 7) is 0. The zero-order chi connectivity index (χ0) is 13.1. The molecule has 0 spiro atoms. The molecule has 3 aromatic rings. The summed E-state index contributed by atoms with van der Waals surface area (Å²) in [5.41, 5.74) is 2.88. The van der Waals surface area contributed by atoms with E-state index in [4.69, 9.17) is 0 Å². The highest BCUT2D eigenvalue weighted by molar-refractivity contribution is 5.52. The Labute approximate surface area is 111 Å². The molecule has 0 amide bonds. The lowest BCUT2D eigenvalue weighted by atomic mass is 10.0. The van der Waals surface area contributed by atoms with Crippen molar-refractivity contribution in [3.8, 4) is 11.4 Å². The third-order valence-corrected chi connectivity index (χ3v) is 2.98. The second-order valence-corrected chi connectivity index (χ2v) is 4.29. The fourth-order valence-electron chi connectivity index (χ4n) is 2.12. The summed E-state index contributed by atoms with van der Waals surface area (Å²) in [5, 5.41) is 14.1. The molecular formula is C15H13N3O. The Morgan fingerprint density at radius 2 is 1.84 bits per heavy atom. The van der Waals surface area contributed by atoms with Crippen molar-refractivity contribution in [1.82, 2.24) is 14.8 Å². The first-order chi connectivity index (χ1) is 9.34. The van der Waals surface area contributed by atoms with Gasteiger partial charge in [0.15, 0.2) is 0 Å². The molecule has 1 aromatic heterocycles. The maximum atomic E-state index is 10.1. The number of hydrogen-bond acceptors (Lipinski definition) is 3. The first-order valence-corrected chi connectivity index (χ1v) is 6.04. The molecule has 4 heteroatoms. The van der Waals surface area contributed by atoms with Gasteiger partial charge in [0.25, 0.3) is 0 Å². The van der Waals surface area contributed by atoms with Gasteiger partial charge in [-0.25, -0.2) is 9.67 Å². The second-order valence-electron chi connectivity index (χ2n) is 4.29. The number of para-hydroxylation sites is 1. The van der Waals surface area contributed by atoms with Crippen molar-refractivity contribution in [2.24, 2.45) is 0 Å². The number of rotatable bonds is 3. The van der Waals surface area contributed by atoms with Gasteiger partial charge in [0.2, 0.25) is 0 Å². The van der Waals surface area contributed by atoms with Gasteiger partial charge in [0, 0.05) is 0 Å². The normalized spacial score (nSPS) is 10.5. The number of phenols is 1. The third-order valence-electron chi connectivity index (χ3n) is 2.98. The van der Waals surface area contributed by atoms with Crippen molar-refractivity contribution in [3.63, 3.8) is 0 Å². The molecule has 3 rings (SSSR count). The molecule has 0 bridgehead atoms. The minimum atomic E-state index is 0.207. The quantitative estimate of drug-likeness (QED) is 0.778. The molecule has 94 valence electrons. The standard InChI is InChI=1S/C15H13N3O/c19-14-8-4-7-13(9-12-5-2-1-3-6-12)15(14)18-11-16-10-17-18/h1-8,10-11,19H,9H2. The van der Waals surface area contributed by atoms with Crippen LogP contribution in [0.4, 0.5) is 0 Å². The maximum Gasteiger partial charge on any atom is 0.141 e. The largest absolute Gasteiger partial charge is 0.506 e. The number of nitrogens with zero attached hydrogens (tertiary/aromatic N) is 3. The molecule has 0 fully saturated rings. The smallest absolute Gasteiger partial charge is 0.141 e.